The van der Waals surface area contributed by atoms with Crippen molar-refractivity contribution >= 4 is 76.5 Å². The Morgan fingerprint density at radius 2 is 0.697 bits per heavy atom. The number of nitrogens with two attached hydrogens (primary N) is 9. The highest BCUT2D eigenvalue weighted by Crippen LogP contribution is 2.27. The third kappa shape index (κ3) is 28.4. The second-order valence-electron chi connectivity index (χ2n) is 23.3. The van der Waals surface area contributed by atoms with Crippen molar-refractivity contribution in [3.8, 4) is 23.0 Å². The van der Waals surface area contributed by atoms with Crippen molar-refractivity contribution in [2.45, 2.75) is 134 Å². The molecule has 0 bridgehead atoms. The first-order valence-electron chi connectivity index (χ1n) is 32.5. The summed E-state index contributed by atoms with van der Waals surface area (Å²) in [6.07, 6.45) is 3.59. The number of nitrogens with one attached hydrogen (secondary N) is 5. The van der Waals surface area contributed by atoms with Gasteiger partial charge in [0.05, 0.1) is 74.9 Å². The standard InChI is InChI=1S/C68H98N18O13/c1-40(83-60(91)17-7-10-28-79-65(70)71)52(87)36-41-18-23-57(97-3)46(33-41)62(93)84-50(15-12-30-81-67(74)75)54(89)38-43-20-25-59(99-5)48(35-43)64(95)86-51(16-13-31-82-68(76)77)55(90)39-44-21-24-58(98-4)47(34-44)63(94)85-49(14-11-29-80-66(72)73)53(88)37-42-19-22-56(96-2)45(32-42)61(92)78-27-9-6-8-26-69/h18-25,32-35,40,49-51H,6-17,26-31,36-39,69H2,1-5H3,(H,78,92)(H,83,91)(H,84,93)(H,85,94)(H,86,95)(H4,70,71,79)(H4,72,73,80)(H4,74,75,81)(H4,76,77,82)/t40-,49-,50-,51-/m1/s1. The number of benzene rings is 4. The summed E-state index contributed by atoms with van der Waals surface area (Å²) in [4.78, 5) is 142. The normalized spacial score (nSPS) is 11.9. The summed E-state index contributed by atoms with van der Waals surface area (Å²) in [5, 5.41) is 14.1. The fourth-order valence-electron chi connectivity index (χ4n) is 10.4. The summed E-state index contributed by atoms with van der Waals surface area (Å²) < 4.78 is 22.2. The largest absolute Gasteiger partial charge is 0.496 e. The molecule has 4 rings (SSSR count). The summed E-state index contributed by atoms with van der Waals surface area (Å²) >= 11 is 0. The van der Waals surface area contributed by atoms with E-state index in [4.69, 9.17) is 70.6 Å². The lowest BCUT2D eigenvalue weighted by molar-refractivity contribution is -0.127. The van der Waals surface area contributed by atoms with E-state index in [1.165, 1.54) is 64.8 Å². The van der Waals surface area contributed by atoms with Crippen LogP contribution in [0.2, 0.25) is 0 Å². The molecule has 5 amide bonds. The van der Waals surface area contributed by atoms with E-state index >= 15 is 0 Å². The van der Waals surface area contributed by atoms with Crippen molar-refractivity contribution in [3.05, 3.63) is 117 Å². The zero-order valence-electron chi connectivity index (χ0n) is 57.1. The SMILES string of the molecule is COc1ccc(CC(=O)[C@@H](CCCN=C(N)N)NC(=O)c2cc(CC(=O)[C@@H](CCCN=C(N)N)NC(=O)c3cc(CC(=O)[C@@H](CCCN=C(N)N)NC(=O)c4cc(CC(=O)[C@@H](C)NC(=O)CCCCN=C(N)N)ccc4OC)ccc3OC)ccc2OC)cc1C(=O)NCCCCCN. The Labute approximate surface area is 576 Å². The Morgan fingerprint density at radius 1 is 0.384 bits per heavy atom. The van der Waals surface area contributed by atoms with Gasteiger partial charge in [0.2, 0.25) is 5.91 Å². The van der Waals surface area contributed by atoms with E-state index in [9.17, 15) is 43.2 Å². The van der Waals surface area contributed by atoms with Crippen molar-refractivity contribution in [2.75, 3.05) is 67.7 Å². The highest BCUT2D eigenvalue weighted by Gasteiger charge is 2.29. The number of hydrogen-bond donors (Lipinski definition) is 14. The minimum Gasteiger partial charge on any atom is -0.496 e. The molecule has 0 spiro atoms. The lowest BCUT2D eigenvalue weighted by atomic mass is 9.96. The van der Waals surface area contributed by atoms with Crippen molar-refractivity contribution in [1.29, 1.82) is 0 Å². The second-order valence-corrected chi connectivity index (χ2v) is 23.3. The molecule has 0 heterocycles. The van der Waals surface area contributed by atoms with Crippen LogP contribution in [0.25, 0.3) is 0 Å². The van der Waals surface area contributed by atoms with Crippen molar-refractivity contribution in [1.82, 2.24) is 26.6 Å². The first kappa shape index (κ1) is 80.6. The molecule has 0 aromatic heterocycles. The molecule has 0 aliphatic heterocycles. The number of hydrogen-bond acceptors (Lipinski definition) is 18. The van der Waals surface area contributed by atoms with E-state index in [1.807, 2.05) is 0 Å². The number of amides is 5. The van der Waals surface area contributed by atoms with Crippen LogP contribution in [-0.2, 0) is 49.7 Å². The molecule has 538 valence electrons. The number of carbonyl (C=O) groups excluding carboxylic acids is 9. The lowest BCUT2D eigenvalue weighted by Gasteiger charge is -2.21. The zero-order valence-corrected chi connectivity index (χ0v) is 57.1. The smallest absolute Gasteiger partial charge is 0.255 e. The van der Waals surface area contributed by atoms with Gasteiger partial charge in [-0.25, -0.2) is 0 Å². The van der Waals surface area contributed by atoms with E-state index in [2.05, 4.69) is 46.6 Å². The summed E-state index contributed by atoms with van der Waals surface area (Å²) in [5.41, 5.74) is 51.6. The molecule has 4 atom stereocenters. The number of rotatable bonds is 46. The van der Waals surface area contributed by atoms with E-state index < -0.39 is 59.2 Å². The number of nitrogens with zero attached hydrogens (tertiary/aromatic N) is 4. The van der Waals surface area contributed by atoms with Crippen LogP contribution in [0.1, 0.15) is 148 Å². The molecule has 99 heavy (non-hydrogen) atoms. The minimum absolute atomic E-state index is 0.0164. The predicted octanol–water partition coefficient (Wildman–Crippen LogP) is 0.531. The summed E-state index contributed by atoms with van der Waals surface area (Å²) in [6.45, 7) is 3.24. The van der Waals surface area contributed by atoms with Gasteiger partial charge in [-0.2, -0.15) is 0 Å². The number of carbonyl (C=O) groups is 9. The van der Waals surface area contributed by atoms with Crippen LogP contribution in [0, 0.1) is 0 Å². The molecule has 0 aliphatic rings. The highest BCUT2D eigenvalue weighted by molar-refractivity contribution is 6.04. The van der Waals surface area contributed by atoms with Gasteiger partial charge in [-0.3, -0.25) is 63.1 Å². The molecule has 0 radical (unpaired) electrons. The minimum atomic E-state index is -1.19. The topological polar surface area (TPSA) is 534 Å². The molecular formula is C68H98N18O13. The molecule has 4 aromatic rings. The van der Waals surface area contributed by atoms with E-state index in [0.717, 1.165) is 19.3 Å². The van der Waals surface area contributed by atoms with Crippen molar-refractivity contribution in [3.63, 3.8) is 0 Å². The molecule has 0 aliphatic carbocycles. The molecule has 31 heteroatoms. The third-order valence-corrected chi connectivity index (χ3v) is 15.6. The quantitative estimate of drug-likeness (QED) is 0.0163. The van der Waals surface area contributed by atoms with Gasteiger partial charge in [-0.1, -0.05) is 30.7 Å². The van der Waals surface area contributed by atoms with Crippen molar-refractivity contribution < 1.29 is 62.1 Å². The number of Topliss-reactive ketones (excluding diaryl/α,β-unsaturated/α-hetero) is 4. The van der Waals surface area contributed by atoms with Gasteiger partial charge in [0.15, 0.2) is 47.0 Å². The van der Waals surface area contributed by atoms with Gasteiger partial charge >= 0.3 is 0 Å². The predicted molar refractivity (Wildman–Crippen MR) is 378 cm³/mol. The molecule has 31 nitrogen and oxygen atoms in total. The van der Waals surface area contributed by atoms with Crippen LogP contribution in [0.5, 0.6) is 23.0 Å². The van der Waals surface area contributed by atoms with Crippen LogP contribution in [0.4, 0.5) is 0 Å². The number of methoxy groups -OCH3 is 4. The van der Waals surface area contributed by atoms with E-state index in [-0.39, 0.29) is 171 Å². The first-order valence-corrected chi connectivity index (χ1v) is 32.5. The summed E-state index contributed by atoms with van der Waals surface area (Å²) in [7, 11) is 5.48. The lowest BCUT2D eigenvalue weighted by Crippen LogP contribution is -2.42. The maximum absolute atomic E-state index is 14.6. The Morgan fingerprint density at radius 3 is 1.01 bits per heavy atom. The Bertz CT molecular complexity index is 3540. The maximum Gasteiger partial charge on any atom is 0.255 e. The van der Waals surface area contributed by atoms with Crippen LogP contribution in [0.15, 0.2) is 92.8 Å². The van der Waals surface area contributed by atoms with Gasteiger partial charge < -0.3 is 97.1 Å². The summed E-state index contributed by atoms with van der Waals surface area (Å²) in [5.74, 6) is -4.49. The van der Waals surface area contributed by atoms with E-state index in [0.29, 0.717) is 60.5 Å². The number of ketones is 4. The molecular weight excluding hydrogens is 1280 g/mol. The number of aliphatic imine (C=N–C) groups is 4. The second kappa shape index (κ2) is 42.6. The summed E-state index contributed by atoms with van der Waals surface area (Å²) in [6, 6.07) is 14.1. The Kier molecular flexibility index (Phi) is 34.7. The molecule has 0 saturated heterocycles. The monoisotopic (exact) mass is 1370 g/mol. The van der Waals surface area contributed by atoms with Crippen LogP contribution in [0.3, 0.4) is 0 Å². The van der Waals surface area contributed by atoms with Gasteiger partial charge in [0.25, 0.3) is 23.6 Å². The zero-order chi connectivity index (χ0) is 73.0. The Balaban J connectivity index is 1.59. The van der Waals surface area contributed by atoms with Gasteiger partial charge in [0.1, 0.15) is 23.0 Å². The van der Waals surface area contributed by atoms with Crippen LogP contribution < -0.4 is 97.1 Å². The molecule has 0 fully saturated rings. The average Bonchev–Trinajstić information content (AvgIpc) is 0.851. The Hall–Kier alpha value is -10.9. The third-order valence-electron chi connectivity index (χ3n) is 15.6. The van der Waals surface area contributed by atoms with Gasteiger partial charge in [0, 0.05) is 64.8 Å². The molecule has 23 N–H and O–H groups in total. The number of guanidine groups is 4. The van der Waals surface area contributed by atoms with E-state index in [1.54, 1.807) is 43.3 Å². The maximum atomic E-state index is 14.6. The van der Waals surface area contributed by atoms with Crippen molar-refractivity contribution in [2.24, 2.45) is 71.6 Å². The fraction of sp³-hybridized carbons (Fsp3) is 0.456. The van der Waals surface area contributed by atoms with Crippen LogP contribution in [-0.4, -0.2) is 168 Å². The molecule has 4 aromatic carbocycles. The van der Waals surface area contributed by atoms with Gasteiger partial charge in [-0.05, 0) is 148 Å². The average molecular weight is 1380 g/mol. The molecule has 0 unspecified atom stereocenters. The number of ether oxygens (including phenoxy) is 4. The highest BCUT2D eigenvalue weighted by atomic mass is 16.5. The van der Waals surface area contributed by atoms with Crippen LogP contribution >= 0.6 is 0 Å². The fourth-order valence-corrected chi connectivity index (χ4v) is 10.4. The first-order chi connectivity index (χ1) is 47.3. The molecule has 0 saturated carbocycles. The van der Waals surface area contributed by atoms with Gasteiger partial charge in [-0.15, -0.1) is 0 Å². The number of unbranched alkanes of at least 4 members (excludes halogenated alkanes) is 3.